The zero-order valence-corrected chi connectivity index (χ0v) is 14.6. The van der Waals surface area contributed by atoms with Crippen LogP contribution in [0.1, 0.15) is 21.9 Å². The zero-order chi connectivity index (χ0) is 17.9. The van der Waals surface area contributed by atoms with Gasteiger partial charge in [0.2, 0.25) is 5.91 Å². The molecule has 2 aromatic carbocycles. The number of halogens is 1. The number of hydrogen-bond donors (Lipinski definition) is 2. The summed E-state index contributed by atoms with van der Waals surface area (Å²) in [5.74, 6) is 1.42. The lowest BCUT2D eigenvalue weighted by Crippen LogP contribution is -2.12. The first-order valence-corrected chi connectivity index (χ1v) is 9.16. The number of H-pyrrole nitrogens is 1. The third-order valence-corrected chi connectivity index (χ3v) is 5.36. The second-order valence-electron chi connectivity index (χ2n) is 5.93. The van der Waals surface area contributed by atoms with E-state index >= 15 is 0 Å². The molecule has 0 spiro atoms. The van der Waals surface area contributed by atoms with Crippen molar-refractivity contribution in [2.45, 2.75) is 11.9 Å². The minimum absolute atomic E-state index is 0.0166. The molecule has 1 amide bonds. The summed E-state index contributed by atoms with van der Waals surface area (Å²) >= 11 is 1.55. The number of benzene rings is 2. The SMILES string of the molecule is O=C1CS[C@@H](c2cccc(OCc3ccc(F)cc3)c2)c2cn[nH]c2N1. The van der Waals surface area contributed by atoms with Crippen molar-refractivity contribution in [3.8, 4) is 5.75 Å². The van der Waals surface area contributed by atoms with Crippen LogP contribution in [0.15, 0.2) is 54.7 Å². The highest BCUT2D eigenvalue weighted by Gasteiger charge is 2.25. The lowest BCUT2D eigenvalue weighted by Gasteiger charge is -2.15. The molecule has 3 aromatic rings. The molecule has 2 heterocycles. The van der Waals surface area contributed by atoms with Gasteiger partial charge in [0.25, 0.3) is 0 Å². The fourth-order valence-electron chi connectivity index (χ4n) is 2.81. The highest BCUT2D eigenvalue weighted by Crippen LogP contribution is 2.41. The van der Waals surface area contributed by atoms with E-state index in [0.717, 1.165) is 22.4 Å². The van der Waals surface area contributed by atoms with Crippen LogP contribution in [-0.2, 0) is 11.4 Å². The lowest BCUT2D eigenvalue weighted by molar-refractivity contribution is -0.113. The second kappa shape index (κ2) is 7.21. The molecule has 1 aliphatic rings. The molecular weight excluding hydrogens is 353 g/mol. The third kappa shape index (κ3) is 3.57. The average molecular weight is 369 g/mol. The fourth-order valence-corrected chi connectivity index (χ4v) is 3.90. The summed E-state index contributed by atoms with van der Waals surface area (Å²) in [5.41, 5.74) is 2.87. The molecule has 1 aliphatic heterocycles. The molecule has 4 rings (SSSR count). The number of ether oxygens (including phenoxy) is 1. The van der Waals surface area contributed by atoms with E-state index in [-0.39, 0.29) is 17.0 Å². The molecular formula is C19H16FN3O2S. The summed E-state index contributed by atoms with van der Waals surface area (Å²) < 4.78 is 18.8. The molecule has 2 N–H and O–H groups in total. The molecule has 5 nitrogen and oxygen atoms in total. The van der Waals surface area contributed by atoms with Crippen molar-refractivity contribution < 1.29 is 13.9 Å². The van der Waals surface area contributed by atoms with Crippen LogP contribution in [0.2, 0.25) is 0 Å². The van der Waals surface area contributed by atoms with Crippen molar-refractivity contribution in [1.82, 2.24) is 10.2 Å². The van der Waals surface area contributed by atoms with Gasteiger partial charge in [0.15, 0.2) is 0 Å². The van der Waals surface area contributed by atoms with Gasteiger partial charge in [-0.2, -0.15) is 5.10 Å². The van der Waals surface area contributed by atoms with Crippen molar-refractivity contribution in [3.05, 3.63) is 77.2 Å². The third-order valence-electron chi connectivity index (χ3n) is 4.08. The largest absolute Gasteiger partial charge is 0.489 e. The van der Waals surface area contributed by atoms with Gasteiger partial charge in [-0.25, -0.2) is 4.39 Å². The molecule has 1 atom stereocenters. The number of aromatic amines is 1. The number of hydrogen-bond acceptors (Lipinski definition) is 4. The monoisotopic (exact) mass is 369 g/mol. The van der Waals surface area contributed by atoms with E-state index in [1.807, 2.05) is 24.3 Å². The van der Waals surface area contributed by atoms with Crippen LogP contribution >= 0.6 is 11.8 Å². The van der Waals surface area contributed by atoms with E-state index < -0.39 is 0 Å². The Balaban J connectivity index is 1.54. The van der Waals surface area contributed by atoms with Crippen LogP contribution < -0.4 is 10.1 Å². The first-order chi connectivity index (χ1) is 12.7. The number of fused-ring (bicyclic) bond motifs is 1. The van der Waals surface area contributed by atoms with Crippen molar-refractivity contribution in [2.75, 3.05) is 11.1 Å². The van der Waals surface area contributed by atoms with Gasteiger partial charge in [-0.3, -0.25) is 9.89 Å². The molecule has 0 fully saturated rings. The Bertz CT molecular complexity index is 927. The highest BCUT2D eigenvalue weighted by molar-refractivity contribution is 8.00. The van der Waals surface area contributed by atoms with E-state index in [2.05, 4.69) is 15.5 Å². The van der Waals surface area contributed by atoms with Crippen molar-refractivity contribution >= 4 is 23.5 Å². The Morgan fingerprint density at radius 1 is 1.23 bits per heavy atom. The molecule has 0 unspecified atom stereocenters. The predicted octanol–water partition coefficient (Wildman–Crippen LogP) is 3.90. The summed E-state index contributed by atoms with van der Waals surface area (Å²) in [6.07, 6.45) is 1.74. The van der Waals surface area contributed by atoms with Gasteiger partial charge >= 0.3 is 0 Å². The van der Waals surface area contributed by atoms with E-state index in [1.54, 1.807) is 30.1 Å². The summed E-state index contributed by atoms with van der Waals surface area (Å²) in [6.45, 7) is 0.360. The molecule has 0 saturated carbocycles. The average Bonchev–Trinajstić information content (AvgIpc) is 3.03. The van der Waals surface area contributed by atoms with Crippen molar-refractivity contribution in [2.24, 2.45) is 0 Å². The zero-order valence-electron chi connectivity index (χ0n) is 13.7. The Hall–Kier alpha value is -2.80. The van der Waals surface area contributed by atoms with Crippen LogP contribution in [0.5, 0.6) is 5.75 Å². The molecule has 7 heteroatoms. The van der Waals surface area contributed by atoms with Gasteiger partial charge < -0.3 is 10.1 Å². The predicted molar refractivity (Wildman–Crippen MR) is 98.7 cm³/mol. The van der Waals surface area contributed by atoms with Crippen LogP contribution in [0.3, 0.4) is 0 Å². The van der Waals surface area contributed by atoms with Crippen LogP contribution in [0, 0.1) is 5.82 Å². The Morgan fingerprint density at radius 2 is 2.08 bits per heavy atom. The highest BCUT2D eigenvalue weighted by atomic mass is 32.2. The van der Waals surface area contributed by atoms with Gasteiger partial charge in [-0.05, 0) is 35.4 Å². The number of aromatic nitrogens is 2. The number of carbonyl (C=O) groups is 1. The van der Waals surface area contributed by atoms with Crippen molar-refractivity contribution in [1.29, 1.82) is 0 Å². The maximum atomic E-state index is 13.0. The number of rotatable bonds is 4. The minimum Gasteiger partial charge on any atom is -0.489 e. The second-order valence-corrected chi connectivity index (χ2v) is 7.02. The van der Waals surface area contributed by atoms with E-state index in [4.69, 9.17) is 4.74 Å². The smallest absolute Gasteiger partial charge is 0.235 e. The number of nitrogens with one attached hydrogen (secondary N) is 2. The molecule has 132 valence electrons. The number of thioether (sulfide) groups is 1. The Kier molecular flexibility index (Phi) is 4.62. The fraction of sp³-hybridized carbons (Fsp3) is 0.158. The van der Waals surface area contributed by atoms with Crippen molar-refractivity contribution in [3.63, 3.8) is 0 Å². The number of anilines is 1. The molecule has 0 aliphatic carbocycles. The Morgan fingerprint density at radius 3 is 2.92 bits per heavy atom. The molecule has 1 aromatic heterocycles. The normalized spacial score (nSPS) is 16.5. The first-order valence-electron chi connectivity index (χ1n) is 8.11. The van der Waals surface area contributed by atoms with E-state index in [9.17, 15) is 9.18 Å². The maximum Gasteiger partial charge on any atom is 0.235 e. The lowest BCUT2D eigenvalue weighted by atomic mass is 10.1. The minimum atomic E-state index is -0.264. The molecule has 0 bridgehead atoms. The van der Waals surface area contributed by atoms with E-state index in [0.29, 0.717) is 18.2 Å². The van der Waals surface area contributed by atoms with Crippen LogP contribution in [0.4, 0.5) is 10.2 Å². The summed E-state index contributed by atoms with van der Waals surface area (Å²) in [4.78, 5) is 11.8. The quantitative estimate of drug-likeness (QED) is 0.732. The molecule has 26 heavy (non-hydrogen) atoms. The summed E-state index contributed by atoms with van der Waals surface area (Å²) in [5, 5.41) is 9.69. The van der Waals surface area contributed by atoms with Gasteiger partial charge in [-0.15, -0.1) is 11.8 Å². The van der Waals surface area contributed by atoms with Crippen LogP contribution in [0.25, 0.3) is 0 Å². The number of amides is 1. The maximum absolute atomic E-state index is 13.0. The number of nitrogens with zero attached hydrogens (tertiary/aromatic N) is 1. The van der Waals surface area contributed by atoms with E-state index in [1.165, 1.54) is 12.1 Å². The first kappa shape index (κ1) is 16.7. The van der Waals surface area contributed by atoms with Gasteiger partial charge in [0.05, 0.1) is 17.2 Å². The summed E-state index contributed by atoms with van der Waals surface area (Å²) in [7, 11) is 0. The van der Waals surface area contributed by atoms with Gasteiger partial charge in [0.1, 0.15) is 24.0 Å². The van der Waals surface area contributed by atoms with Gasteiger partial charge in [-0.1, -0.05) is 24.3 Å². The Labute approximate surface area is 154 Å². The van der Waals surface area contributed by atoms with Gasteiger partial charge in [0, 0.05) is 5.56 Å². The van der Waals surface area contributed by atoms with Crippen LogP contribution in [-0.4, -0.2) is 21.9 Å². The topological polar surface area (TPSA) is 67.0 Å². The standard InChI is InChI=1S/C19H16FN3O2S/c20-14-6-4-12(5-7-14)10-25-15-3-1-2-13(8-15)18-16-9-21-23-19(16)22-17(24)11-26-18/h1-9,18H,10-11H2,(H2,21,22,23,24)/t18-/m0/s1. The molecule has 0 saturated heterocycles. The summed E-state index contributed by atoms with van der Waals surface area (Å²) in [6, 6.07) is 14.0. The number of carbonyl (C=O) groups excluding carboxylic acids is 1. The molecule has 0 radical (unpaired) electrons.